The smallest absolute Gasteiger partial charge is 0.271 e. The monoisotopic (exact) mass is 515 g/mol. The SMILES string of the molecule is Cl.O=[N+]([O-])c1ccc(NCCNCc2ccc(OCc3ccc(Cl)cc3Cl)cc2)c(Cl)c1. The first-order valence-electron chi connectivity index (χ1n) is 9.46. The van der Waals surface area contributed by atoms with E-state index in [0.717, 1.165) is 16.9 Å². The van der Waals surface area contributed by atoms with Gasteiger partial charge in [-0.25, -0.2) is 0 Å². The third-order valence-corrected chi connectivity index (χ3v) is 5.34. The average Bonchev–Trinajstić information content (AvgIpc) is 2.74. The normalized spacial score (nSPS) is 10.3. The summed E-state index contributed by atoms with van der Waals surface area (Å²) in [5.41, 5.74) is 2.62. The molecule has 32 heavy (non-hydrogen) atoms. The molecule has 2 N–H and O–H groups in total. The predicted molar refractivity (Wildman–Crippen MR) is 133 cm³/mol. The Bertz CT molecular complexity index is 1050. The maximum atomic E-state index is 10.7. The van der Waals surface area contributed by atoms with Gasteiger partial charge in [0.25, 0.3) is 5.69 Å². The highest BCUT2D eigenvalue weighted by atomic mass is 35.5. The lowest BCUT2D eigenvalue weighted by molar-refractivity contribution is -0.384. The maximum Gasteiger partial charge on any atom is 0.271 e. The number of nitrogens with zero attached hydrogens (tertiary/aromatic N) is 1. The lowest BCUT2D eigenvalue weighted by Crippen LogP contribution is -2.21. The molecule has 0 fully saturated rings. The van der Waals surface area contributed by atoms with Gasteiger partial charge < -0.3 is 15.4 Å². The molecule has 0 aliphatic rings. The van der Waals surface area contributed by atoms with Crippen molar-refractivity contribution in [1.82, 2.24) is 5.32 Å². The van der Waals surface area contributed by atoms with Crippen LogP contribution in [0.15, 0.2) is 60.7 Å². The highest BCUT2D eigenvalue weighted by Gasteiger charge is 2.09. The molecule has 170 valence electrons. The molecule has 6 nitrogen and oxygen atoms in total. The van der Waals surface area contributed by atoms with Gasteiger partial charge in [-0.3, -0.25) is 10.1 Å². The van der Waals surface area contributed by atoms with Crippen LogP contribution in [0.1, 0.15) is 11.1 Å². The third-order valence-electron chi connectivity index (χ3n) is 4.44. The minimum absolute atomic E-state index is 0. The molecule has 0 radical (unpaired) electrons. The van der Waals surface area contributed by atoms with Crippen molar-refractivity contribution >= 4 is 58.6 Å². The van der Waals surface area contributed by atoms with Gasteiger partial charge >= 0.3 is 0 Å². The van der Waals surface area contributed by atoms with Crippen molar-refractivity contribution in [3.05, 3.63) is 97.0 Å². The van der Waals surface area contributed by atoms with Crippen molar-refractivity contribution in [2.45, 2.75) is 13.2 Å². The average molecular weight is 517 g/mol. The van der Waals surface area contributed by atoms with Gasteiger partial charge in [0, 0.05) is 47.4 Å². The Balaban J connectivity index is 0.00000363. The minimum atomic E-state index is -0.472. The fourth-order valence-electron chi connectivity index (χ4n) is 2.78. The van der Waals surface area contributed by atoms with E-state index in [0.29, 0.717) is 47.0 Å². The van der Waals surface area contributed by atoms with E-state index < -0.39 is 4.92 Å². The summed E-state index contributed by atoms with van der Waals surface area (Å²) in [7, 11) is 0. The lowest BCUT2D eigenvalue weighted by atomic mass is 10.2. The van der Waals surface area contributed by atoms with E-state index in [1.165, 1.54) is 12.1 Å². The molecule has 0 unspecified atom stereocenters. The zero-order valence-electron chi connectivity index (χ0n) is 16.8. The molecule has 0 bridgehead atoms. The van der Waals surface area contributed by atoms with Crippen LogP contribution >= 0.6 is 47.2 Å². The molecule has 0 saturated carbocycles. The maximum absolute atomic E-state index is 10.7. The second-order valence-electron chi connectivity index (χ2n) is 6.69. The van der Waals surface area contributed by atoms with Gasteiger partial charge in [-0.15, -0.1) is 12.4 Å². The number of halogens is 4. The summed E-state index contributed by atoms with van der Waals surface area (Å²) in [6.07, 6.45) is 0. The number of nitro groups is 1. The fourth-order valence-corrected chi connectivity index (χ4v) is 3.49. The largest absolute Gasteiger partial charge is 0.489 e. The number of hydrogen-bond acceptors (Lipinski definition) is 5. The van der Waals surface area contributed by atoms with E-state index in [9.17, 15) is 10.1 Å². The first-order valence-corrected chi connectivity index (χ1v) is 10.6. The highest BCUT2D eigenvalue weighted by Crippen LogP contribution is 2.26. The molecule has 0 spiro atoms. The van der Waals surface area contributed by atoms with Crippen LogP contribution in [0.3, 0.4) is 0 Å². The van der Waals surface area contributed by atoms with Crippen molar-refractivity contribution in [3.8, 4) is 5.75 Å². The summed E-state index contributed by atoms with van der Waals surface area (Å²) in [6.45, 7) is 2.38. The van der Waals surface area contributed by atoms with Crippen LogP contribution in [0.5, 0.6) is 5.75 Å². The van der Waals surface area contributed by atoms with Gasteiger partial charge in [0.05, 0.1) is 15.6 Å². The Morgan fingerprint density at radius 3 is 2.31 bits per heavy atom. The van der Waals surface area contributed by atoms with E-state index in [4.69, 9.17) is 39.5 Å². The van der Waals surface area contributed by atoms with E-state index in [-0.39, 0.29) is 18.1 Å². The van der Waals surface area contributed by atoms with Gasteiger partial charge in [0.2, 0.25) is 0 Å². The van der Waals surface area contributed by atoms with Crippen LogP contribution in [0.4, 0.5) is 11.4 Å². The molecular formula is C22H21Cl4N3O3. The zero-order chi connectivity index (χ0) is 22.2. The Morgan fingerprint density at radius 1 is 0.906 bits per heavy atom. The van der Waals surface area contributed by atoms with E-state index >= 15 is 0 Å². The van der Waals surface area contributed by atoms with Crippen molar-refractivity contribution in [3.63, 3.8) is 0 Å². The minimum Gasteiger partial charge on any atom is -0.489 e. The van der Waals surface area contributed by atoms with Crippen molar-refractivity contribution < 1.29 is 9.66 Å². The fraction of sp³-hybridized carbons (Fsp3) is 0.182. The van der Waals surface area contributed by atoms with E-state index in [1.54, 1.807) is 18.2 Å². The van der Waals surface area contributed by atoms with Crippen molar-refractivity contribution in [1.29, 1.82) is 0 Å². The number of benzene rings is 3. The Labute approximate surface area is 207 Å². The number of nitro benzene ring substituents is 1. The molecule has 0 amide bonds. The molecule has 0 atom stereocenters. The Morgan fingerprint density at radius 2 is 1.66 bits per heavy atom. The molecule has 0 aromatic heterocycles. The third kappa shape index (κ3) is 7.73. The summed E-state index contributed by atoms with van der Waals surface area (Å²) >= 11 is 18.1. The molecule has 0 heterocycles. The Kier molecular flexibility index (Phi) is 10.4. The summed E-state index contributed by atoms with van der Waals surface area (Å²) in [5.74, 6) is 0.754. The van der Waals surface area contributed by atoms with Gasteiger partial charge in [0.15, 0.2) is 0 Å². The van der Waals surface area contributed by atoms with E-state index in [1.807, 2.05) is 30.3 Å². The van der Waals surface area contributed by atoms with Gasteiger partial charge in [-0.1, -0.05) is 53.0 Å². The van der Waals surface area contributed by atoms with Gasteiger partial charge in [-0.2, -0.15) is 0 Å². The van der Waals surface area contributed by atoms with E-state index in [2.05, 4.69) is 10.6 Å². The van der Waals surface area contributed by atoms with Gasteiger partial charge in [-0.05, 0) is 35.9 Å². The quantitative estimate of drug-likeness (QED) is 0.177. The molecule has 0 aliphatic carbocycles. The van der Waals surface area contributed by atoms with Crippen LogP contribution < -0.4 is 15.4 Å². The van der Waals surface area contributed by atoms with Crippen molar-refractivity contribution in [2.75, 3.05) is 18.4 Å². The number of ether oxygens (including phenoxy) is 1. The van der Waals surface area contributed by atoms with Crippen LogP contribution in [0.25, 0.3) is 0 Å². The second kappa shape index (κ2) is 12.7. The lowest BCUT2D eigenvalue weighted by Gasteiger charge is -2.11. The van der Waals surface area contributed by atoms with Crippen LogP contribution in [0.2, 0.25) is 15.1 Å². The van der Waals surface area contributed by atoms with Crippen LogP contribution in [0, 0.1) is 10.1 Å². The standard InChI is InChI=1S/C22H20Cl3N3O3.ClH/c23-17-4-3-16(20(24)11-17)14-31-19-6-1-15(2-7-19)13-26-9-10-27-22-8-5-18(28(29)30)12-21(22)25;/h1-8,11-12,26-27H,9-10,13-14H2;1H. The summed E-state index contributed by atoms with van der Waals surface area (Å²) in [6, 6.07) is 17.5. The van der Waals surface area contributed by atoms with Crippen LogP contribution in [-0.4, -0.2) is 18.0 Å². The topological polar surface area (TPSA) is 76.4 Å². The summed E-state index contributed by atoms with van der Waals surface area (Å²) in [4.78, 5) is 10.3. The molecule has 3 aromatic carbocycles. The first kappa shape index (κ1) is 26.0. The first-order chi connectivity index (χ1) is 14.9. The summed E-state index contributed by atoms with van der Waals surface area (Å²) in [5, 5.41) is 18.7. The van der Waals surface area contributed by atoms with Crippen LogP contribution in [-0.2, 0) is 13.2 Å². The molecule has 3 rings (SSSR count). The Hall–Kier alpha value is -2.22. The zero-order valence-corrected chi connectivity index (χ0v) is 19.9. The highest BCUT2D eigenvalue weighted by molar-refractivity contribution is 6.35. The second-order valence-corrected chi connectivity index (χ2v) is 7.94. The number of nitrogens with one attached hydrogen (secondary N) is 2. The molecule has 3 aromatic rings. The predicted octanol–water partition coefficient (Wildman–Crippen LogP) is 6.76. The molecule has 0 saturated heterocycles. The molecular weight excluding hydrogens is 496 g/mol. The summed E-state index contributed by atoms with van der Waals surface area (Å²) < 4.78 is 5.78. The number of hydrogen-bond donors (Lipinski definition) is 2. The number of anilines is 1. The number of non-ortho nitro benzene ring substituents is 1. The number of rotatable bonds is 10. The molecule has 10 heteroatoms. The molecule has 0 aliphatic heterocycles. The van der Waals surface area contributed by atoms with Gasteiger partial charge in [0.1, 0.15) is 12.4 Å². The van der Waals surface area contributed by atoms with Crippen molar-refractivity contribution in [2.24, 2.45) is 0 Å².